The summed E-state index contributed by atoms with van der Waals surface area (Å²) in [6.45, 7) is 1.91. The first-order valence-electron chi connectivity index (χ1n) is 4.56. The van der Waals surface area contributed by atoms with Gasteiger partial charge < -0.3 is 5.73 Å². The van der Waals surface area contributed by atoms with Gasteiger partial charge in [0.05, 0.1) is 16.3 Å². The molecule has 0 saturated heterocycles. The van der Waals surface area contributed by atoms with Gasteiger partial charge in [-0.1, -0.05) is 9.70 Å². The van der Waals surface area contributed by atoms with Crippen molar-refractivity contribution >= 4 is 11.5 Å². The Kier molecular flexibility index (Phi) is 2.74. The molecule has 6 nitrogen and oxygen atoms in total. The van der Waals surface area contributed by atoms with Gasteiger partial charge in [0.25, 0.3) is 0 Å². The van der Waals surface area contributed by atoms with Crippen LogP contribution in [0.5, 0.6) is 0 Å². The van der Waals surface area contributed by atoms with Crippen LogP contribution in [0.2, 0.25) is 0 Å². The third-order valence-electron chi connectivity index (χ3n) is 2.10. The number of nitrogens with two attached hydrogens (primary N) is 1. The number of hydrogen-bond acceptors (Lipinski definition) is 6. The van der Waals surface area contributed by atoms with Crippen LogP contribution in [-0.4, -0.2) is 24.6 Å². The average Bonchev–Trinajstić information content (AvgIpc) is 2.75. The minimum Gasteiger partial charge on any atom is -0.323 e. The first kappa shape index (κ1) is 10.2. The molecule has 0 aliphatic rings. The Bertz CT molecular complexity index is 447. The molecule has 80 valence electrons. The smallest absolute Gasteiger partial charge is 0.0846 e. The molecule has 0 saturated carbocycles. The molecule has 0 amide bonds. The lowest BCUT2D eigenvalue weighted by atomic mass is 10.1. The minimum absolute atomic E-state index is 0.0956. The third kappa shape index (κ3) is 2.18. The van der Waals surface area contributed by atoms with E-state index in [1.54, 1.807) is 4.68 Å². The highest BCUT2D eigenvalue weighted by Crippen LogP contribution is 2.20. The first-order valence-corrected chi connectivity index (χ1v) is 5.34. The topological polar surface area (TPSA) is 82.5 Å². The highest BCUT2D eigenvalue weighted by Gasteiger charge is 2.14. The Balaban J connectivity index is 2.10. The minimum atomic E-state index is -0.0956. The second kappa shape index (κ2) is 4.03. The number of aryl methyl sites for hydroxylation is 2. The zero-order valence-electron chi connectivity index (χ0n) is 8.58. The maximum Gasteiger partial charge on any atom is 0.0846 e. The van der Waals surface area contributed by atoms with Gasteiger partial charge in [0.15, 0.2) is 0 Å². The van der Waals surface area contributed by atoms with Crippen LogP contribution in [0.4, 0.5) is 0 Å². The van der Waals surface area contributed by atoms with Gasteiger partial charge in [-0.15, -0.1) is 10.2 Å². The van der Waals surface area contributed by atoms with Crippen molar-refractivity contribution in [1.29, 1.82) is 0 Å². The van der Waals surface area contributed by atoms with Gasteiger partial charge in [0.2, 0.25) is 0 Å². The van der Waals surface area contributed by atoms with E-state index in [1.807, 2.05) is 20.2 Å². The lowest BCUT2D eigenvalue weighted by molar-refractivity contribution is 0.697. The van der Waals surface area contributed by atoms with Crippen LogP contribution in [0.15, 0.2) is 6.20 Å². The fraction of sp³-hybridized carbons (Fsp3) is 0.500. The number of nitrogens with zero attached hydrogens (tertiary/aromatic N) is 5. The van der Waals surface area contributed by atoms with Crippen LogP contribution < -0.4 is 5.73 Å². The van der Waals surface area contributed by atoms with Crippen LogP contribution in [0.25, 0.3) is 0 Å². The molecule has 7 heteroatoms. The summed E-state index contributed by atoms with van der Waals surface area (Å²) in [4.78, 5) is 1.01. The third-order valence-corrected chi connectivity index (χ3v) is 3.06. The monoisotopic (exact) mass is 224 g/mol. The van der Waals surface area contributed by atoms with E-state index >= 15 is 0 Å². The van der Waals surface area contributed by atoms with E-state index in [-0.39, 0.29) is 6.04 Å². The lowest BCUT2D eigenvalue weighted by Gasteiger charge is -2.06. The SMILES string of the molecule is Cc1nnsc1C(N)Cc1cn(C)nn1. The predicted molar refractivity (Wildman–Crippen MR) is 56.3 cm³/mol. The summed E-state index contributed by atoms with van der Waals surface area (Å²) in [6, 6.07) is -0.0956. The highest BCUT2D eigenvalue weighted by molar-refractivity contribution is 7.05. The molecule has 1 unspecified atom stereocenters. The maximum atomic E-state index is 6.03. The lowest BCUT2D eigenvalue weighted by Crippen LogP contribution is -2.13. The zero-order chi connectivity index (χ0) is 10.8. The van der Waals surface area contributed by atoms with E-state index < -0.39 is 0 Å². The van der Waals surface area contributed by atoms with Gasteiger partial charge in [-0.2, -0.15) is 0 Å². The summed E-state index contributed by atoms with van der Waals surface area (Å²) < 4.78 is 5.53. The van der Waals surface area contributed by atoms with Crippen molar-refractivity contribution in [1.82, 2.24) is 24.6 Å². The molecule has 0 aromatic carbocycles. The summed E-state index contributed by atoms with van der Waals surface area (Å²) in [7, 11) is 1.83. The van der Waals surface area contributed by atoms with Gasteiger partial charge in [-0.25, -0.2) is 0 Å². The molecule has 0 aliphatic heterocycles. The van der Waals surface area contributed by atoms with Crippen molar-refractivity contribution in [2.75, 3.05) is 0 Å². The molecule has 2 rings (SSSR count). The van der Waals surface area contributed by atoms with Gasteiger partial charge in [-0.3, -0.25) is 4.68 Å². The second-order valence-electron chi connectivity index (χ2n) is 3.42. The Morgan fingerprint density at radius 2 is 2.33 bits per heavy atom. The van der Waals surface area contributed by atoms with E-state index in [9.17, 15) is 0 Å². The Hall–Kier alpha value is -1.34. The van der Waals surface area contributed by atoms with Crippen molar-refractivity contribution in [3.05, 3.63) is 22.5 Å². The standard InChI is InChI=1S/C8H12N6S/c1-5-8(15-13-10-5)7(9)3-6-4-14(2)12-11-6/h4,7H,3,9H2,1-2H3. The Labute approximate surface area is 91.3 Å². The fourth-order valence-corrected chi connectivity index (χ4v) is 2.03. The molecule has 1 atom stereocenters. The number of aromatic nitrogens is 5. The van der Waals surface area contributed by atoms with Gasteiger partial charge in [0.1, 0.15) is 0 Å². The summed E-state index contributed by atoms with van der Waals surface area (Å²) in [6.07, 6.45) is 2.53. The highest BCUT2D eigenvalue weighted by atomic mass is 32.1. The molecule has 15 heavy (non-hydrogen) atoms. The molecule has 2 aromatic rings. The predicted octanol–water partition coefficient (Wildman–Crippen LogP) is 0.218. The molecule has 0 aliphatic carbocycles. The van der Waals surface area contributed by atoms with Crippen molar-refractivity contribution in [3.8, 4) is 0 Å². The normalized spacial score (nSPS) is 13.0. The van der Waals surface area contributed by atoms with Gasteiger partial charge in [0, 0.05) is 25.7 Å². The van der Waals surface area contributed by atoms with Crippen LogP contribution >= 0.6 is 11.5 Å². The van der Waals surface area contributed by atoms with Crippen molar-refractivity contribution in [3.63, 3.8) is 0 Å². The molecule has 2 N–H and O–H groups in total. The molecule has 2 heterocycles. The first-order chi connectivity index (χ1) is 7.16. The average molecular weight is 224 g/mol. The maximum absolute atomic E-state index is 6.03. The van der Waals surface area contributed by atoms with Crippen LogP contribution in [0.3, 0.4) is 0 Å². The molecule has 0 spiro atoms. The summed E-state index contributed by atoms with van der Waals surface area (Å²) in [5.74, 6) is 0. The second-order valence-corrected chi connectivity index (χ2v) is 4.20. The van der Waals surface area contributed by atoms with Crippen LogP contribution in [0, 0.1) is 6.92 Å². The van der Waals surface area contributed by atoms with Gasteiger partial charge in [-0.05, 0) is 18.5 Å². The van der Waals surface area contributed by atoms with Crippen molar-refractivity contribution < 1.29 is 0 Å². The van der Waals surface area contributed by atoms with Crippen molar-refractivity contribution in [2.24, 2.45) is 12.8 Å². The molecular formula is C8H12N6S. The van der Waals surface area contributed by atoms with Crippen molar-refractivity contribution in [2.45, 2.75) is 19.4 Å². The van der Waals surface area contributed by atoms with E-state index in [4.69, 9.17) is 5.73 Å². The Morgan fingerprint density at radius 3 is 2.87 bits per heavy atom. The number of rotatable bonds is 3. The largest absolute Gasteiger partial charge is 0.323 e. The van der Waals surface area contributed by atoms with Gasteiger partial charge >= 0.3 is 0 Å². The van der Waals surface area contributed by atoms with Crippen LogP contribution in [-0.2, 0) is 13.5 Å². The van der Waals surface area contributed by atoms with E-state index in [0.717, 1.165) is 16.3 Å². The quantitative estimate of drug-likeness (QED) is 0.806. The summed E-state index contributed by atoms with van der Waals surface area (Å²) >= 11 is 1.34. The van der Waals surface area contributed by atoms with E-state index in [2.05, 4.69) is 19.9 Å². The zero-order valence-corrected chi connectivity index (χ0v) is 9.40. The molecule has 0 fully saturated rings. The molecular weight excluding hydrogens is 212 g/mol. The summed E-state index contributed by atoms with van der Waals surface area (Å²) in [5, 5.41) is 11.8. The Morgan fingerprint density at radius 1 is 1.53 bits per heavy atom. The molecule has 0 radical (unpaired) electrons. The molecule has 2 aromatic heterocycles. The fourth-order valence-electron chi connectivity index (χ4n) is 1.38. The van der Waals surface area contributed by atoms with Crippen LogP contribution in [0.1, 0.15) is 22.3 Å². The van der Waals surface area contributed by atoms with E-state index in [1.165, 1.54) is 11.5 Å². The molecule has 0 bridgehead atoms. The van der Waals surface area contributed by atoms with E-state index in [0.29, 0.717) is 6.42 Å². The number of hydrogen-bond donors (Lipinski definition) is 1. The summed E-state index contributed by atoms with van der Waals surface area (Å²) in [5.41, 5.74) is 7.82.